The molecule has 0 radical (unpaired) electrons. The van der Waals surface area contributed by atoms with Crippen LogP contribution in [0.5, 0.6) is 0 Å². The van der Waals surface area contributed by atoms with Gasteiger partial charge in [0.25, 0.3) is 0 Å². The number of benzene rings is 1. The third kappa shape index (κ3) is 4.96. The lowest BCUT2D eigenvalue weighted by Gasteiger charge is -2.26. The van der Waals surface area contributed by atoms with E-state index in [1.807, 2.05) is 18.2 Å². The number of rotatable bonds is 6. The van der Waals surface area contributed by atoms with E-state index in [0.717, 1.165) is 18.7 Å². The van der Waals surface area contributed by atoms with E-state index in [4.69, 9.17) is 23.2 Å². The third-order valence-electron chi connectivity index (χ3n) is 3.62. The molecule has 1 fully saturated rings. The minimum Gasteiger partial charge on any atom is -0.313 e. The summed E-state index contributed by atoms with van der Waals surface area (Å²) in [5.41, 5.74) is 1.08. The van der Waals surface area contributed by atoms with Gasteiger partial charge in [0.2, 0.25) is 0 Å². The summed E-state index contributed by atoms with van der Waals surface area (Å²) >= 11 is 12.1. The lowest BCUT2D eigenvalue weighted by molar-refractivity contribution is 0.225. The third-order valence-corrected chi connectivity index (χ3v) is 4.48. The van der Waals surface area contributed by atoms with Gasteiger partial charge in [0.05, 0.1) is 10.0 Å². The smallest absolute Gasteiger partial charge is 0.0637 e. The summed E-state index contributed by atoms with van der Waals surface area (Å²) in [6.45, 7) is 5.58. The van der Waals surface area contributed by atoms with Gasteiger partial charge in [-0.2, -0.15) is 0 Å². The molecule has 0 saturated carbocycles. The molecule has 1 aliphatic heterocycles. The first-order valence-electron chi connectivity index (χ1n) is 7.13. The summed E-state index contributed by atoms with van der Waals surface area (Å²) in [4.78, 5) is 2.57. The number of piperidine rings is 1. The first-order valence-corrected chi connectivity index (χ1v) is 7.89. The number of hydrogen-bond donors (Lipinski definition) is 1. The number of nitrogens with zero attached hydrogens (tertiary/aromatic N) is 1. The Labute approximate surface area is 126 Å². The summed E-state index contributed by atoms with van der Waals surface area (Å²) in [5.74, 6) is 0. The van der Waals surface area contributed by atoms with Crippen LogP contribution >= 0.6 is 23.2 Å². The van der Waals surface area contributed by atoms with Crippen LogP contribution in [0.4, 0.5) is 0 Å². The molecule has 2 rings (SSSR count). The van der Waals surface area contributed by atoms with Crippen molar-refractivity contribution in [1.82, 2.24) is 10.2 Å². The van der Waals surface area contributed by atoms with E-state index in [9.17, 15) is 0 Å². The van der Waals surface area contributed by atoms with Gasteiger partial charge in [-0.25, -0.2) is 0 Å². The molecule has 1 aliphatic rings. The molecule has 0 aromatic heterocycles. The van der Waals surface area contributed by atoms with Crippen molar-refractivity contribution in [2.45, 2.75) is 32.2 Å². The van der Waals surface area contributed by atoms with E-state index < -0.39 is 0 Å². The van der Waals surface area contributed by atoms with Gasteiger partial charge in [0.15, 0.2) is 0 Å². The predicted octanol–water partition coefficient (Wildman–Crippen LogP) is 3.96. The van der Waals surface area contributed by atoms with E-state index in [-0.39, 0.29) is 0 Å². The summed E-state index contributed by atoms with van der Waals surface area (Å²) in [6, 6.07) is 5.79. The van der Waals surface area contributed by atoms with Crippen molar-refractivity contribution in [2.75, 3.05) is 26.2 Å². The Balaban J connectivity index is 1.62. The van der Waals surface area contributed by atoms with Crippen molar-refractivity contribution in [3.05, 3.63) is 33.8 Å². The Kier molecular flexibility index (Phi) is 6.45. The molecular weight excluding hydrogens is 279 g/mol. The fraction of sp³-hybridized carbons (Fsp3) is 0.600. The SMILES string of the molecule is Clc1cccc(CNCCCN2CCCCC2)c1Cl. The highest BCUT2D eigenvalue weighted by atomic mass is 35.5. The number of likely N-dealkylation sites (tertiary alicyclic amines) is 1. The molecular formula is C15H22Cl2N2. The van der Waals surface area contributed by atoms with Gasteiger partial charge in [-0.15, -0.1) is 0 Å². The summed E-state index contributed by atoms with van der Waals surface area (Å²) in [5, 5.41) is 4.75. The molecule has 0 aliphatic carbocycles. The number of halogens is 2. The molecule has 2 nitrogen and oxygen atoms in total. The molecule has 1 aromatic carbocycles. The maximum Gasteiger partial charge on any atom is 0.0637 e. The van der Waals surface area contributed by atoms with Crippen molar-refractivity contribution in [3.8, 4) is 0 Å². The molecule has 1 saturated heterocycles. The Bertz CT molecular complexity index is 390. The molecule has 0 amide bonds. The van der Waals surface area contributed by atoms with Crippen molar-refractivity contribution >= 4 is 23.2 Å². The zero-order chi connectivity index (χ0) is 13.5. The second kappa shape index (κ2) is 8.11. The van der Waals surface area contributed by atoms with Gasteiger partial charge < -0.3 is 10.2 Å². The Morgan fingerprint density at radius 2 is 1.89 bits per heavy atom. The van der Waals surface area contributed by atoms with Crippen LogP contribution in [0.15, 0.2) is 18.2 Å². The lowest BCUT2D eigenvalue weighted by atomic mass is 10.1. The number of nitrogens with one attached hydrogen (secondary N) is 1. The van der Waals surface area contributed by atoms with Gasteiger partial charge in [0, 0.05) is 6.54 Å². The molecule has 106 valence electrons. The molecule has 1 N–H and O–H groups in total. The van der Waals surface area contributed by atoms with Crippen LogP contribution in [0, 0.1) is 0 Å². The van der Waals surface area contributed by atoms with E-state index in [0.29, 0.717) is 10.0 Å². The van der Waals surface area contributed by atoms with E-state index >= 15 is 0 Å². The topological polar surface area (TPSA) is 15.3 Å². The second-order valence-electron chi connectivity index (χ2n) is 5.15. The van der Waals surface area contributed by atoms with Crippen molar-refractivity contribution < 1.29 is 0 Å². The van der Waals surface area contributed by atoms with Gasteiger partial charge >= 0.3 is 0 Å². The van der Waals surface area contributed by atoms with Crippen LogP contribution in [0.2, 0.25) is 10.0 Å². The molecule has 1 aromatic rings. The average molecular weight is 301 g/mol. The molecule has 0 atom stereocenters. The first-order chi connectivity index (χ1) is 9.27. The quantitative estimate of drug-likeness (QED) is 0.800. The molecule has 0 unspecified atom stereocenters. The standard InChI is InChI=1S/C15H22Cl2N2/c16-14-7-4-6-13(15(14)17)12-18-8-5-11-19-9-2-1-3-10-19/h4,6-7,18H,1-3,5,8-12H2. The van der Waals surface area contributed by atoms with Crippen LogP contribution < -0.4 is 5.32 Å². The lowest BCUT2D eigenvalue weighted by Crippen LogP contribution is -2.32. The number of hydrogen-bond acceptors (Lipinski definition) is 2. The maximum atomic E-state index is 6.15. The molecule has 0 bridgehead atoms. The second-order valence-corrected chi connectivity index (χ2v) is 5.93. The predicted molar refractivity (Wildman–Crippen MR) is 83.1 cm³/mol. The summed E-state index contributed by atoms with van der Waals surface area (Å²) in [6.07, 6.45) is 5.33. The fourth-order valence-corrected chi connectivity index (χ4v) is 2.91. The average Bonchev–Trinajstić information content (AvgIpc) is 2.44. The van der Waals surface area contributed by atoms with Crippen molar-refractivity contribution in [3.63, 3.8) is 0 Å². The van der Waals surface area contributed by atoms with Crippen LogP contribution in [-0.2, 0) is 6.54 Å². The van der Waals surface area contributed by atoms with E-state index in [2.05, 4.69) is 10.2 Å². The Hall–Kier alpha value is -0.280. The van der Waals surface area contributed by atoms with Gasteiger partial charge in [-0.3, -0.25) is 0 Å². The van der Waals surface area contributed by atoms with E-state index in [1.165, 1.54) is 45.3 Å². The van der Waals surface area contributed by atoms with Crippen LogP contribution in [-0.4, -0.2) is 31.1 Å². The fourth-order valence-electron chi connectivity index (χ4n) is 2.52. The van der Waals surface area contributed by atoms with Gasteiger partial charge in [-0.1, -0.05) is 41.8 Å². The first kappa shape index (κ1) is 15.1. The zero-order valence-electron chi connectivity index (χ0n) is 11.3. The highest BCUT2D eigenvalue weighted by Crippen LogP contribution is 2.25. The minimum atomic E-state index is 0.634. The highest BCUT2D eigenvalue weighted by molar-refractivity contribution is 6.42. The van der Waals surface area contributed by atoms with Crippen LogP contribution in [0.25, 0.3) is 0 Å². The van der Waals surface area contributed by atoms with Gasteiger partial charge in [-0.05, 0) is 57.1 Å². The summed E-state index contributed by atoms with van der Waals surface area (Å²) < 4.78 is 0. The monoisotopic (exact) mass is 300 g/mol. The highest BCUT2D eigenvalue weighted by Gasteiger charge is 2.09. The normalized spacial score (nSPS) is 16.7. The zero-order valence-corrected chi connectivity index (χ0v) is 12.8. The summed E-state index contributed by atoms with van der Waals surface area (Å²) in [7, 11) is 0. The Morgan fingerprint density at radius 1 is 1.11 bits per heavy atom. The van der Waals surface area contributed by atoms with Crippen LogP contribution in [0.1, 0.15) is 31.2 Å². The maximum absolute atomic E-state index is 6.15. The molecule has 0 spiro atoms. The van der Waals surface area contributed by atoms with Gasteiger partial charge in [0.1, 0.15) is 0 Å². The minimum absolute atomic E-state index is 0.634. The van der Waals surface area contributed by atoms with E-state index in [1.54, 1.807) is 0 Å². The Morgan fingerprint density at radius 3 is 2.68 bits per heavy atom. The van der Waals surface area contributed by atoms with Crippen molar-refractivity contribution in [2.24, 2.45) is 0 Å². The molecule has 19 heavy (non-hydrogen) atoms. The van der Waals surface area contributed by atoms with Crippen LogP contribution in [0.3, 0.4) is 0 Å². The molecule has 4 heteroatoms. The van der Waals surface area contributed by atoms with Crippen molar-refractivity contribution in [1.29, 1.82) is 0 Å². The molecule has 1 heterocycles. The largest absolute Gasteiger partial charge is 0.313 e.